The van der Waals surface area contributed by atoms with Crippen molar-refractivity contribution in [3.8, 4) is 22.4 Å². The van der Waals surface area contributed by atoms with Crippen molar-refractivity contribution in [1.29, 1.82) is 0 Å². The molecule has 0 bridgehead atoms. The Balaban J connectivity index is 0.995. The van der Waals surface area contributed by atoms with Crippen LogP contribution in [-0.2, 0) is 11.3 Å². The van der Waals surface area contributed by atoms with E-state index in [0.29, 0.717) is 66.8 Å². The second-order valence-corrected chi connectivity index (χ2v) is 9.95. The highest BCUT2D eigenvalue weighted by molar-refractivity contribution is 5.97. The number of rotatable bonds is 9. The molecule has 4 heterocycles. The van der Waals surface area contributed by atoms with Crippen LogP contribution < -0.4 is 15.5 Å². The van der Waals surface area contributed by atoms with E-state index in [4.69, 9.17) is 9.05 Å². The van der Waals surface area contributed by atoms with Crippen LogP contribution in [0.2, 0.25) is 0 Å². The fraction of sp³-hybridized carbons (Fsp3) is 0.194. The number of aromatic nitrogens is 3. The quantitative estimate of drug-likeness (QED) is 0.263. The molecule has 0 spiro atoms. The van der Waals surface area contributed by atoms with Gasteiger partial charge in [0.1, 0.15) is 17.8 Å². The number of carbonyl (C=O) groups excluding carboxylic acids is 2. The summed E-state index contributed by atoms with van der Waals surface area (Å²) in [5, 5.41) is 13.6. The summed E-state index contributed by atoms with van der Waals surface area (Å²) in [5.74, 6) is 0.245. The molecule has 1 fully saturated rings. The van der Waals surface area contributed by atoms with E-state index in [-0.39, 0.29) is 24.2 Å². The Morgan fingerprint density at radius 3 is 2.49 bits per heavy atom. The van der Waals surface area contributed by atoms with Gasteiger partial charge in [-0.1, -0.05) is 28.5 Å². The van der Waals surface area contributed by atoms with Crippen molar-refractivity contribution in [2.24, 2.45) is 0 Å². The summed E-state index contributed by atoms with van der Waals surface area (Å²) in [5.41, 5.74) is 3.87. The molecule has 6 rings (SSSR count). The average molecular weight is 582 g/mol. The molecule has 1 aliphatic heterocycles. The summed E-state index contributed by atoms with van der Waals surface area (Å²) >= 11 is 0. The van der Waals surface area contributed by atoms with Crippen molar-refractivity contribution < 1.29 is 23.0 Å². The van der Waals surface area contributed by atoms with Gasteiger partial charge in [0.05, 0.1) is 18.8 Å². The first-order valence-electron chi connectivity index (χ1n) is 13.7. The molecular formula is C31H28FN7O4. The van der Waals surface area contributed by atoms with Crippen molar-refractivity contribution in [2.75, 3.05) is 42.9 Å². The SMILES string of the molecule is O=C(NCC(=O)N1CCN(c2ccc(-c3cc(CNc4ccon4)on3)cc2F)CC1)c1cccc(-c2ccncc2)c1. The number of pyridine rings is 1. The fourth-order valence-corrected chi connectivity index (χ4v) is 4.89. The van der Waals surface area contributed by atoms with Crippen LogP contribution in [-0.4, -0.2) is 64.7 Å². The lowest BCUT2D eigenvalue weighted by Crippen LogP contribution is -2.51. The van der Waals surface area contributed by atoms with Gasteiger partial charge in [-0.3, -0.25) is 14.6 Å². The van der Waals surface area contributed by atoms with Crippen LogP contribution in [0.25, 0.3) is 22.4 Å². The van der Waals surface area contributed by atoms with Crippen LogP contribution in [0.1, 0.15) is 16.1 Å². The van der Waals surface area contributed by atoms with Gasteiger partial charge in [-0.25, -0.2) is 4.39 Å². The van der Waals surface area contributed by atoms with Crippen LogP contribution in [0.5, 0.6) is 0 Å². The van der Waals surface area contributed by atoms with Crippen molar-refractivity contribution in [2.45, 2.75) is 6.54 Å². The number of hydrogen-bond acceptors (Lipinski definition) is 9. The number of piperazine rings is 1. The number of amides is 2. The number of halogens is 1. The first-order chi connectivity index (χ1) is 21.0. The first-order valence-corrected chi connectivity index (χ1v) is 13.7. The largest absolute Gasteiger partial charge is 0.366 e. The molecule has 0 radical (unpaired) electrons. The summed E-state index contributed by atoms with van der Waals surface area (Å²) in [7, 11) is 0. The fourth-order valence-electron chi connectivity index (χ4n) is 4.89. The predicted molar refractivity (Wildman–Crippen MR) is 157 cm³/mol. The van der Waals surface area contributed by atoms with Crippen molar-refractivity contribution in [3.05, 3.63) is 103 Å². The number of anilines is 2. The smallest absolute Gasteiger partial charge is 0.251 e. The second kappa shape index (κ2) is 12.6. The molecule has 0 atom stereocenters. The Morgan fingerprint density at radius 1 is 0.884 bits per heavy atom. The lowest BCUT2D eigenvalue weighted by molar-refractivity contribution is -0.130. The molecule has 0 aliphatic carbocycles. The molecule has 5 aromatic rings. The van der Waals surface area contributed by atoms with Crippen LogP contribution in [0.15, 0.2) is 94.4 Å². The van der Waals surface area contributed by atoms with E-state index < -0.39 is 0 Å². The normalized spacial score (nSPS) is 13.1. The van der Waals surface area contributed by atoms with Crippen molar-refractivity contribution in [1.82, 2.24) is 25.5 Å². The van der Waals surface area contributed by atoms with E-state index in [0.717, 1.165) is 11.1 Å². The van der Waals surface area contributed by atoms with Gasteiger partial charge in [-0.2, -0.15) is 0 Å². The highest BCUT2D eigenvalue weighted by Gasteiger charge is 2.24. The van der Waals surface area contributed by atoms with Crippen molar-refractivity contribution in [3.63, 3.8) is 0 Å². The Kier molecular flexibility index (Phi) is 8.07. The average Bonchev–Trinajstić information content (AvgIpc) is 3.76. The molecule has 2 N–H and O–H groups in total. The minimum absolute atomic E-state index is 0.116. The predicted octanol–water partition coefficient (Wildman–Crippen LogP) is 4.22. The van der Waals surface area contributed by atoms with Gasteiger partial charge in [0, 0.05) is 61.8 Å². The maximum atomic E-state index is 15.2. The Hall–Kier alpha value is -5.52. The monoisotopic (exact) mass is 581 g/mol. The summed E-state index contributed by atoms with van der Waals surface area (Å²) in [4.78, 5) is 33.2. The lowest BCUT2D eigenvalue weighted by Gasteiger charge is -2.36. The highest BCUT2D eigenvalue weighted by Crippen LogP contribution is 2.27. The zero-order chi connectivity index (χ0) is 29.6. The third-order valence-corrected chi connectivity index (χ3v) is 7.20. The molecule has 1 aliphatic rings. The van der Waals surface area contributed by atoms with Crippen LogP contribution in [0.3, 0.4) is 0 Å². The minimum atomic E-state index is -0.385. The van der Waals surface area contributed by atoms with E-state index in [9.17, 15) is 9.59 Å². The van der Waals surface area contributed by atoms with Crippen molar-refractivity contribution >= 4 is 23.3 Å². The van der Waals surface area contributed by atoms with E-state index in [1.165, 1.54) is 12.3 Å². The number of hydrogen-bond donors (Lipinski definition) is 2. The molecule has 12 heteroatoms. The molecule has 0 saturated carbocycles. The van der Waals surface area contributed by atoms with Crippen LogP contribution in [0, 0.1) is 5.82 Å². The highest BCUT2D eigenvalue weighted by atomic mass is 19.1. The van der Waals surface area contributed by atoms with E-state index in [2.05, 4.69) is 25.9 Å². The standard InChI is InChI=1S/C31H28FN7O4/c32-26-17-23(27-18-25(43-36-27)19-34-29-8-15-42-37-29)4-5-28(26)38-11-13-39(14-12-38)30(40)20-35-31(41)24-3-1-2-22(16-24)21-6-9-33-10-7-21/h1-10,15-18H,11-14,19-20H2,(H,34,37)(H,35,41). The molecule has 0 unspecified atom stereocenters. The molecular weight excluding hydrogens is 553 g/mol. The molecule has 218 valence electrons. The number of carbonyl (C=O) groups is 2. The number of benzene rings is 2. The van der Waals surface area contributed by atoms with E-state index in [1.54, 1.807) is 59.8 Å². The number of nitrogens with one attached hydrogen (secondary N) is 2. The van der Waals surface area contributed by atoms with E-state index in [1.807, 2.05) is 23.1 Å². The minimum Gasteiger partial charge on any atom is -0.366 e. The molecule has 3 aromatic heterocycles. The molecule has 43 heavy (non-hydrogen) atoms. The van der Waals surface area contributed by atoms with Gasteiger partial charge in [-0.05, 0) is 47.5 Å². The third kappa shape index (κ3) is 6.53. The first kappa shape index (κ1) is 27.6. The molecule has 2 amide bonds. The lowest BCUT2D eigenvalue weighted by atomic mass is 10.0. The Morgan fingerprint density at radius 2 is 1.72 bits per heavy atom. The Bertz CT molecular complexity index is 1700. The maximum absolute atomic E-state index is 15.2. The van der Waals surface area contributed by atoms with Gasteiger partial charge < -0.3 is 29.5 Å². The molecule has 2 aromatic carbocycles. The second-order valence-electron chi connectivity index (χ2n) is 9.95. The van der Waals surface area contributed by atoms with Gasteiger partial charge in [-0.15, -0.1) is 0 Å². The van der Waals surface area contributed by atoms with Crippen LogP contribution >= 0.6 is 0 Å². The maximum Gasteiger partial charge on any atom is 0.251 e. The molecule has 11 nitrogen and oxygen atoms in total. The molecule has 1 saturated heterocycles. The van der Waals surface area contributed by atoms with Gasteiger partial charge in [0.2, 0.25) is 5.91 Å². The topological polar surface area (TPSA) is 130 Å². The summed E-state index contributed by atoms with van der Waals surface area (Å²) in [6, 6.07) is 19.3. The van der Waals surface area contributed by atoms with Crippen LogP contribution in [0.4, 0.5) is 15.9 Å². The van der Waals surface area contributed by atoms with E-state index >= 15 is 4.39 Å². The zero-order valence-corrected chi connectivity index (χ0v) is 23.1. The summed E-state index contributed by atoms with van der Waals surface area (Å²) in [6.07, 6.45) is 4.85. The van der Waals surface area contributed by atoms with Gasteiger partial charge in [0.15, 0.2) is 11.6 Å². The third-order valence-electron chi connectivity index (χ3n) is 7.20. The van der Waals surface area contributed by atoms with Gasteiger partial charge >= 0.3 is 0 Å². The number of nitrogens with zero attached hydrogens (tertiary/aromatic N) is 5. The Labute approximate surface area is 246 Å². The summed E-state index contributed by atoms with van der Waals surface area (Å²) < 4.78 is 25.3. The summed E-state index contributed by atoms with van der Waals surface area (Å²) in [6.45, 7) is 2.00. The van der Waals surface area contributed by atoms with Gasteiger partial charge in [0.25, 0.3) is 5.91 Å². The zero-order valence-electron chi connectivity index (χ0n) is 23.1.